The van der Waals surface area contributed by atoms with Crippen molar-refractivity contribution in [2.24, 2.45) is 0 Å². The Bertz CT molecular complexity index is 844. The Morgan fingerprint density at radius 1 is 1.20 bits per heavy atom. The first-order valence-electron chi connectivity index (χ1n) is 8.30. The van der Waals surface area contributed by atoms with Crippen LogP contribution >= 0.6 is 0 Å². The number of nitrogens with zero attached hydrogens (tertiary/aromatic N) is 2. The SMILES string of the molecule is Cc1ccn(CC(=O)NC2CC(C)N(c3ccccc3)C2=O)c(=O)c1. The third-order valence-corrected chi connectivity index (χ3v) is 4.39. The minimum Gasteiger partial charge on any atom is -0.343 e. The molecule has 0 bridgehead atoms. The van der Waals surface area contributed by atoms with Crippen molar-refractivity contribution in [2.45, 2.75) is 38.9 Å². The second-order valence-corrected chi connectivity index (χ2v) is 6.42. The molecular weight excluding hydrogens is 318 g/mol. The van der Waals surface area contributed by atoms with Gasteiger partial charge < -0.3 is 14.8 Å². The van der Waals surface area contributed by atoms with Gasteiger partial charge in [-0.25, -0.2) is 0 Å². The van der Waals surface area contributed by atoms with Crippen LogP contribution in [0.15, 0.2) is 53.5 Å². The highest BCUT2D eigenvalue weighted by molar-refractivity contribution is 6.01. The molecular formula is C19H21N3O3. The quantitative estimate of drug-likeness (QED) is 0.917. The van der Waals surface area contributed by atoms with Crippen LogP contribution in [0.5, 0.6) is 0 Å². The largest absolute Gasteiger partial charge is 0.343 e. The summed E-state index contributed by atoms with van der Waals surface area (Å²) in [6.45, 7) is 3.69. The number of benzene rings is 1. The number of carbonyl (C=O) groups is 2. The van der Waals surface area contributed by atoms with E-state index >= 15 is 0 Å². The Morgan fingerprint density at radius 3 is 2.60 bits per heavy atom. The van der Waals surface area contributed by atoms with Crippen LogP contribution in [-0.4, -0.2) is 28.5 Å². The fourth-order valence-electron chi connectivity index (χ4n) is 3.16. The van der Waals surface area contributed by atoms with Crippen LogP contribution in [0.3, 0.4) is 0 Å². The van der Waals surface area contributed by atoms with Crippen molar-refractivity contribution >= 4 is 17.5 Å². The number of anilines is 1. The van der Waals surface area contributed by atoms with E-state index in [9.17, 15) is 14.4 Å². The molecule has 3 rings (SSSR count). The molecule has 0 spiro atoms. The highest BCUT2D eigenvalue weighted by Gasteiger charge is 2.38. The van der Waals surface area contributed by atoms with Crippen molar-refractivity contribution in [1.29, 1.82) is 0 Å². The summed E-state index contributed by atoms with van der Waals surface area (Å²) in [6.07, 6.45) is 2.13. The minimum atomic E-state index is -0.566. The number of para-hydroxylation sites is 1. The fourth-order valence-corrected chi connectivity index (χ4v) is 3.16. The monoisotopic (exact) mass is 339 g/mol. The third-order valence-electron chi connectivity index (χ3n) is 4.39. The Kier molecular flexibility index (Phi) is 4.70. The topological polar surface area (TPSA) is 71.4 Å². The molecule has 1 N–H and O–H groups in total. The highest BCUT2D eigenvalue weighted by atomic mass is 16.2. The number of rotatable bonds is 4. The molecule has 2 atom stereocenters. The van der Waals surface area contributed by atoms with Gasteiger partial charge in [-0.1, -0.05) is 18.2 Å². The maximum atomic E-state index is 12.7. The Morgan fingerprint density at radius 2 is 1.92 bits per heavy atom. The number of hydrogen-bond donors (Lipinski definition) is 1. The van der Waals surface area contributed by atoms with Crippen LogP contribution in [0.25, 0.3) is 0 Å². The lowest BCUT2D eigenvalue weighted by atomic mass is 10.2. The summed E-state index contributed by atoms with van der Waals surface area (Å²) in [4.78, 5) is 38.5. The van der Waals surface area contributed by atoms with E-state index in [1.807, 2.05) is 44.2 Å². The molecule has 0 saturated carbocycles. The van der Waals surface area contributed by atoms with Crippen LogP contribution in [0, 0.1) is 6.92 Å². The summed E-state index contributed by atoms with van der Waals surface area (Å²) >= 11 is 0. The van der Waals surface area contributed by atoms with Crippen molar-refractivity contribution in [3.8, 4) is 0 Å². The molecule has 0 radical (unpaired) electrons. The number of amides is 2. The van der Waals surface area contributed by atoms with Gasteiger partial charge in [-0.15, -0.1) is 0 Å². The predicted molar refractivity (Wildman–Crippen MR) is 95.4 cm³/mol. The van der Waals surface area contributed by atoms with Crippen molar-refractivity contribution < 1.29 is 9.59 Å². The number of nitrogens with one attached hydrogen (secondary N) is 1. The Labute approximate surface area is 146 Å². The molecule has 1 aliphatic rings. The second kappa shape index (κ2) is 6.93. The second-order valence-electron chi connectivity index (χ2n) is 6.42. The summed E-state index contributed by atoms with van der Waals surface area (Å²) in [6, 6.07) is 12.1. The molecule has 2 aromatic rings. The molecule has 1 saturated heterocycles. The molecule has 2 unspecified atom stereocenters. The van der Waals surface area contributed by atoms with Gasteiger partial charge in [-0.05, 0) is 44.0 Å². The smallest absolute Gasteiger partial charge is 0.251 e. The number of hydrogen-bond acceptors (Lipinski definition) is 3. The van der Waals surface area contributed by atoms with Gasteiger partial charge in [0.05, 0.1) is 0 Å². The average molecular weight is 339 g/mol. The van der Waals surface area contributed by atoms with Gasteiger partial charge >= 0.3 is 0 Å². The first-order chi connectivity index (χ1) is 12.0. The summed E-state index contributed by atoms with van der Waals surface area (Å²) < 4.78 is 1.33. The third kappa shape index (κ3) is 3.63. The molecule has 1 fully saturated rings. The minimum absolute atomic E-state index is 0.00213. The summed E-state index contributed by atoms with van der Waals surface area (Å²) in [5.74, 6) is -0.463. The van der Waals surface area contributed by atoms with Crippen molar-refractivity contribution in [3.05, 3.63) is 64.6 Å². The number of aryl methyl sites for hydroxylation is 1. The van der Waals surface area contributed by atoms with Crippen LogP contribution in [-0.2, 0) is 16.1 Å². The van der Waals surface area contributed by atoms with Gasteiger partial charge in [0.2, 0.25) is 11.8 Å². The molecule has 1 aromatic carbocycles. The molecule has 6 nitrogen and oxygen atoms in total. The Hall–Kier alpha value is -2.89. The molecule has 0 aliphatic carbocycles. The van der Waals surface area contributed by atoms with Crippen LogP contribution < -0.4 is 15.8 Å². The lowest BCUT2D eigenvalue weighted by molar-refractivity contribution is -0.126. The van der Waals surface area contributed by atoms with Crippen molar-refractivity contribution in [2.75, 3.05) is 4.90 Å². The zero-order chi connectivity index (χ0) is 18.0. The number of carbonyl (C=O) groups excluding carboxylic acids is 2. The van der Waals surface area contributed by atoms with E-state index in [-0.39, 0.29) is 30.0 Å². The zero-order valence-corrected chi connectivity index (χ0v) is 14.3. The maximum absolute atomic E-state index is 12.7. The number of pyridine rings is 1. The molecule has 2 heterocycles. The summed E-state index contributed by atoms with van der Waals surface area (Å²) in [5.41, 5.74) is 1.44. The van der Waals surface area contributed by atoms with Gasteiger partial charge in [-0.3, -0.25) is 14.4 Å². The van der Waals surface area contributed by atoms with Crippen molar-refractivity contribution in [3.63, 3.8) is 0 Å². The molecule has 6 heteroatoms. The van der Waals surface area contributed by atoms with E-state index in [0.29, 0.717) is 6.42 Å². The maximum Gasteiger partial charge on any atom is 0.251 e. The zero-order valence-electron chi connectivity index (χ0n) is 14.3. The standard InChI is InChI=1S/C19H21N3O3/c1-13-8-9-21(18(24)10-13)12-17(23)20-16-11-14(2)22(19(16)25)15-6-4-3-5-7-15/h3-10,14,16H,11-12H2,1-2H3,(H,20,23). The fraction of sp³-hybridized carbons (Fsp3) is 0.316. The van der Waals surface area contributed by atoms with Crippen molar-refractivity contribution in [1.82, 2.24) is 9.88 Å². The predicted octanol–water partition coefficient (Wildman–Crippen LogP) is 1.47. The first kappa shape index (κ1) is 17.0. The highest BCUT2D eigenvalue weighted by Crippen LogP contribution is 2.26. The summed E-state index contributed by atoms with van der Waals surface area (Å²) in [5, 5.41) is 2.76. The Balaban J connectivity index is 1.68. The van der Waals surface area contributed by atoms with Gasteiger partial charge in [-0.2, -0.15) is 0 Å². The van der Waals surface area contributed by atoms with E-state index in [1.165, 1.54) is 10.6 Å². The van der Waals surface area contributed by atoms with E-state index in [1.54, 1.807) is 17.2 Å². The lowest BCUT2D eigenvalue weighted by Crippen LogP contribution is -2.43. The van der Waals surface area contributed by atoms with Gasteiger partial charge in [0, 0.05) is 24.0 Å². The number of aromatic nitrogens is 1. The molecule has 2 amide bonds. The molecule has 25 heavy (non-hydrogen) atoms. The van der Waals surface area contributed by atoms with Gasteiger partial charge in [0.1, 0.15) is 12.6 Å². The summed E-state index contributed by atoms with van der Waals surface area (Å²) in [7, 11) is 0. The molecule has 130 valence electrons. The normalized spacial score (nSPS) is 19.9. The van der Waals surface area contributed by atoms with Crippen LogP contribution in [0.1, 0.15) is 18.9 Å². The lowest BCUT2D eigenvalue weighted by Gasteiger charge is -2.21. The first-order valence-corrected chi connectivity index (χ1v) is 8.30. The van der Waals surface area contributed by atoms with Crippen LogP contribution in [0.4, 0.5) is 5.69 Å². The van der Waals surface area contributed by atoms with Crippen LogP contribution in [0.2, 0.25) is 0 Å². The molecule has 1 aromatic heterocycles. The van der Waals surface area contributed by atoms with Gasteiger partial charge in [0.25, 0.3) is 5.56 Å². The van der Waals surface area contributed by atoms with E-state index in [0.717, 1.165) is 11.3 Å². The van der Waals surface area contributed by atoms with E-state index in [4.69, 9.17) is 0 Å². The van der Waals surface area contributed by atoms with Gasteiger partial charge in [0.15, 0.2) is 0 Å². The molecule has 1 aliphatic heterocycles. The van der Waals surface area contributed by atoms with E-state index < -0.39 is 6.04 Å². The van der Waals surface area contributed by atoms with E-state index in [2.05, 4.69) is 5.32 Å². The average Bonchev–Trinajstić information content (AvgIpc) is 2.85.